The van der Waals surface area contributed by atoms with E-state index < -0.39 is 12.3 Å². The Morgan fingerprint density at radius 2 is 2.05 bits per heavy atom. The van der Waals surface area contributed by atoms with Crippen molar-refractivity contribution in [2.24, 2.45) is 10.8 Å². The Labute approximate surface area is 259 Å². The number of fused-ring (bicyclic) bond motifs is 1. The molecule has 5 rings (SSSR count). The highest BCUT2D eigenvalue weighted by Gasteiger charge is 2.36. The molecule has 2 aromatic heterocycles. The van der Waals surface area contributed by atoms with Crippen LogP contribution in [0.1, 0.15) is 67.1 Å². The maximum atomic E-state index is 13.6. The minimum absolute atomic E-state index is 0.103. The molecule has 1 aromatic carbocycles. The summed E-state index contributed by atoms with van der Waals surface area (Å²) in [7, 11) is 0. The molecule has 3 aromatic rings. The number of thiophene rings is 1. The van der Waals surface area contributed by atoms with Gasteiger partial charge in [-0.3, -0.25) is 14.9 Å². The zero-order valence-electron chi connectivity index (χ0n) is 25.5. The van der Waals surface area contributed by atoms with Gasteiger partial charge in [-0.15, -0.1) is 11.3 Å². The van der Waals surface area contributed by atoms with E-state index in [9.17, 15) is 23.6 Å². The van der Waals surface area contributed by atoms with Crippen molar-refractivity contribution in [2.45, 2.75) is 66.1 Å². The van der Waals surface area contributed by atoms with Crippen molar-refractivity contribution in [3.05, 3.63) is 57.3 Å². The van der Waals surface area contributed by atoms with Gasteiger partial charge in [-0.1, -0.05) is 39.8 Å². The molecule has 0 spiro atoms. The zero-order valence-corrected chi connectivity index (χ0v) is 26.3. The number of carbonyl (C=O) groups is 2. The molecule has 0 radical (unpaired) electrons. The van der Waals surface area contributed by atoms with E-state index in [0.29, 0.717) is 38.4 Å². The van der Waals surface area contributed by atoms with Crippen molar-refractivity contribution < 1.29 is 23.1 Å². The second-order valence-electron chi connectivity index (χ2n) is 13.1. The average Bonchev–Trinajstić information content (AvgIpc) is 3.69. The predicted octanol–water partition coefficient (Wildman–Crippen LogP) is 5.90. The maximum Gasteiger partial charge on any atom is 0.272 e. The number of aromatic nitrogens is 2. The van der Waals surface area contributed by atoms with Crippen LogP contribution < -0.4 is 10.6 Å². The second-order valence-corrected chi connectivity index (χ2v) is 14.2. The minimum Gasteiger partial charge on any atom is -0.379 e. The topological polar surface area (TPSA) is 112 Å². The SMILES string of the molecule is CC(C)(C)CNCc1ccc2c(c1)nc(NC(=O)c1ccc(C(F)F)s1)n2CC1CCCN1C(=O)C(C#N)=CC1(C)COC1. The lowest BCUT2D eigenvalue weighted by Gasteiger charge is -2.35. The quantitative estimate of drug-likeness (QED) is 0.215. The van der Waals surface area contributed by atoms with Crippen LogP contribution in [-0.2, 0) is 22.6 Å². The molecule has 2 saturated heterocycles. The van der Waals surface area contributed by atoms with Crippen LogP contribution in [0.25, 0.3) is 11.0 Å². The van der Waals surface area contributed by atoms with E-state index in [1.165, 1.54) is 12.1 Å². The molecule has 2 N–H and O–H groups in total. The molecule has 44 heavy (non-hydrogen) atoms. The Morgan fingerprint density at radius 3 is 2.68 bits per heavy atom. The van der Waals surface area contributed by atoms with Gasteiger partial charge in [0.1, 0.15) is 11.6 Å². The molecule has 0 saturated carbocycles. The van der Waals surface area contributed by atoms with E-state index in [4.69, 9.17) is 9.72 Å². The van der Waals surface area contributed by atoms with E-state index in [1.807, 2.05) is 29.7 Å². The lowest BCUT2D eigenvalue weighted by molar-refractivity contribution is -0.128. The van der Waals surface area contributed by atoms with Crippen molar-refractivity contribution in [1.29, 1.82) is 5.26 Å². The van der Waals surface area contributed by atoms with Gasteiger partial charge in [0.05, 0.1) is 40.0 Å². The van der Waals surface area contributed by atoms with Gasteiger partial charge in [0.15, 0.2) is 0 Å². The number of alkyl halides is 2. The summed E-state index contributed by atoms with van der Waals surface area (Å²) in [5.74, 6) is -0.578. The monoisotopic (exact) mass is 624 g/mol. The van der Waals surface area contributed by atoms with Crippen LogP contribution in [0.2, 0.25) is 0 Å². The van der Waals surface area contributed by atoms with Gasteiger partial charge in [0.2, 0.25) is 5.95 Å². The van der Waals surface area contributed by atoms with Gasteiger partial charge in [0, 0.05) is 31.6 Å². The Kier molecular flexibility index (Phi) is 9.20. The maximum absolute atomic E-state index is 13.6. The van der Waals surface area contributed by atoms with E-state index in [-0.39, 0.29) is 44.1 Å². The number of imidazole rings is 1. The molecule has 9 nitrogen and oxygen atoms in total. The first kappa shape index (κ1) is 31.8. The first-order valence-electron chi connectivity index (χ1n) is 14.8. The molecule has 0 bridgehead atoms. The summed E-state index contributed by atoms with van der Waals surface area (Å²) in [6.45, 7) is 11.7. The third-order valence-corrected chi connectivity index (χ3v) is 8.92. The number of amides is 2. The van der Waals surface area contributed by atoms with Crippen LogP contribution in [0.5, 0.6) is 0 Å². The van der Waals surface area contributed by atoms with Gasteiger partial charge < -0.3 is 19.5 Å². The van der Waals surface area contributed by atoms with Crippen LogP contribution in [-0.4, -0.2) is 58.6 Å². The lowest BCUT2D eigenvalue weighted by Crippen LogP contribution is -2.41. The van der Waals surface area contributed by atoms with Crippen molar-refractivity contribution in [1.82, 2.24) is 19.8 Å². The van der Waals surface area contributed by atoms with Crippen LogP contribution in [0.15, 0.2) is 42.0 Å². The van der Waals surface area contributed by atoms with E-state index >= 15 is 0 Å². The van der Waals surface area contributed by atoms with E-state index in [0.717, 1.165) is 41.8 Å². The number of halogens is 2. The standard InChI is InChI=1S/C32H38F2N6O3S/c1-31(2,3)17-36-15-20-7-8-24-23(12-20)37-30(38-28(41)26-10-9-25(44-26)27(33)34)40(24)16-22-6-5-11-39(22)29(42)21(14-35)13-32(4)18-43-19-32/h7-10,12-13,22,27,36H,5-6,11,15-19H2,1-4H3,(H,37,38,41). The zero-order chi connectivity index (χ0) is 31.6. The molecule has 2 aliphatic heterocycles. The molecule has 2 aliphatic rings. The first-order chi connectivity index (χ1) is 20.9. The third-order valence-electron chi connectivity index (χ3n) is 7.83. The smallest absolute Gasteiger partial charge is 0.272 e. The number of ether oxygens (including phenoxy) is 1. The van der Waals surface area contributed by atoms with Crippen molar-refractivity contribution in [3.8, 4) is 6.07 Å². The van der Waals surface area contributed by atoms with Gasteiger partial charge in [-0.2, -0.15) is 5.26 Å². The minimum atomic E-state index is -2.66. The Balaban J connectivity index is 1.43. The summed E-state index contributed by atoms with van der Waals surface area (Å²) in [6.07, 6.45) is 0.555. The summed E-state index contributed by atoms with van der Waals surface area (Å²) >= 11 is 0.742. The van der Waals surface area contributed by atoms with E-state index in [2.05, 4.69) is 37.5 Å². The van der Waals surface area contributed by atoms with Crippen LogP contribution in [0.3, 0.4) is 0 Å². The largest absolute Gasteiger partial charge is 0.379 e. The molecule has 2 amide bonds. The highest BCUT2D eigenvalue weighted by molar-refractivity contribution is 7.14. The highest BCUT2D eigenvalue weighted by Crippen LogP contribution is 2.32. The van der Waals surface area contributed by atoms with Crippen molar-refractivity contribution >= 4 is 40.1 Å². The summed E-state index contributed by atoms with van der Waals surface area (Å²) in [6, 6.07) is 10.4. The van der Waals surface area contributed by atoms with E-state index in [1.54, 1.807) is 11.0 Å². The molecule has 1 atom stereocenters. The van der Waals surface area contributed by atoms with Crippen molar-refractivity contribution in [3.63, 3.8) is 0 Å². The number of nitrogens with one attached hydrogen (secondary N) is 2. The third kappa shape index (κ3) is 7.17. The van der Waals surface area contributed by atoms with Gasteiger partial charge in [-0.25, -0.2) is 13.8 Å². The normalized spacial score (nSPS) is 18.5. The van der Waals surface area contributed by atoms with Gasteiger partial charge in [0.25, 0.3) is 18.2 Å². The average molecular weight is 625 g/mol. The fourth-order valence-corrected chi connectivity index (χ4v) is 6.32. The number of hydrogen-bond donors (Lipinski definition) is 2. The number of benzene rings is 1. The number of nitrogens with zero attached hydrogens (tertiary/aromatic N) is 4. The Bertz CT molecular complexity index is 1610. The molecular formula is C32H38F2N6O3S. The fraction of sp³-hybridized carbons (Fsp3) is 0.500. The Morgan fingerprint density at radius 1 is 1.27 bits per heavy atom. The molecule has 1 unspecified atom stereocenters. The summed E-state index contributed by atoms with van der Waals surface area (Å²) in [4.78, 5) is 33.2. The number of nitriles is 1. The lowest BCUT2D eigenvalue weighted by atomic mass is 9.86. The number of rotatable bonds is 10. The Hall–Kier alpha value is -3.66. The molecule has 234 valence electrons. The number of carbonyl (C=O) groups excluding carboxylic acids is 2. The molecular weight excluding hydrogens is 586 g/mol. The number of hydrogen-bond acceptors (Lipinski definition) is 7. The molecule has 4 heterocycles. The van der Waals surface area contributed by atoms with Crippen LogP contribution >= 0.6 is 11.3 Å². The summed E-state index contributed by atoms with van der Waals surface area (Å²) in [5, 5.41) is 16.1. The van der Waals surface area contributed by atoms with Crippen LogP contribution in [0, 0.1) is 22.2 Å². The number of anilines is 1. The highest BCUT2D eigenvalue weighted by atomic mass is 32.1. The fourth-order valence-electron chi connectivity index (χ4n) is 5.56. The molecule has 12 heteroatoms. The van der Waals surface area contributed by atoms with Gasteiger partial charge in [-0.05, 0) is 48.1 Å². The second kappa shape index (κ2) is 12.8. The van der Waals surface area contributed by atoms with Gasteiger partial charge >= 0.3 is 0 Å². The van der Waals surface area contributed by atoms with Crippen LogP contribution in [0.4, 0.5) is 14.7 Å². The number of likely N-dealkylation sites (tertiary alicyclic amines) is 1. The van der Waals surface area contributed by atoms with Crippen molar-refractivity contribution in [2.75, 3.05) is 31.6 Å². The summed E-state index contributed by atoms with van der Waals surface area (Å²) in [5.41, 5.74) is 2.36. The molecule has 2 fully saturated rings. The summed E-state index contributed by atoms with van der Waals surface area (Å²) < 4.78 is 33.5. The predicted molar refractivity (Wildman–Crippen MR) is 165 cm³/mol. The molecule has 0 aliphatic carbocycles. The first-order valence-corrected chi connectivity index (χ1v) is 15.6.